The lowest BCUT2D eigenvalue weighted by atomic mass is 9.74. The largest absolute Gasteiger partial charge is 0.469 e. The fourth-order valence-corrected chi connectivity index (χ4v) is 3.39. The average Bonchev–Trinajstić information content (AvgIpc) is 2.88. The first-order valence-corrected chi connectivity index (χ1v) is 7.68. The van der Waals surface area contributed by atoms with Crippen LogP contribution in [-0.2, 0) is 11.2 Å². The second-order valence-electron chi connectivity index (χ2n) is 6.26. The molecule has 0 aromatic carbocycles. The number of hydrogen-bond donors (Lipinski definition) is 1. The number of nitrogens with one attached hydrogen (secondary N) is 1. The first-order valence-electron chi connectivity index (χ1n) is 7.68. The molecule has 0 radical (unpaired) electrons. The summed E-state index contributed by atoms with van der Waals surface area (Å²) in [7, 11) is 0. The Morgan fingerprint density at radius 3 is 3.05 bits per heavy atom. The summed E-state index contributed by atoms with van der Waals surface area (Å²) < 4.78 is 11.4. The molecule has 106 valence electrons. The molecule has 2 heterocycles. The van der Waals surface area contributed by atoms with E-state index in [1.54, 1.807) is 6.26 Å². The third kappa shape index (κ3) is 3.21. The molecule has 1 aliphatic heterocycles. The Morgan fingerprint density at radius 2 is 2.37 bits per heavy atom. The highest BCUT2D eigenvalue weighted by Gasteiger charge is 2.42. The van der Waals surface area contributed by atoms with Crippen molar-refractivity contribution in [2.75, 3.05) is 6.61 Å². The van der Waals surface area contributed by atoms with E-state index in [4.69, 9.17) is 9.15 Å². The monoisotopic (exact) mass is 263 g/mol. The smallest absolute Gasteiger partial charge is 0.103 e. The van der Waals surface area contributed by atoms with E-state index in [0.717, 1.165) is 31.6 Å². The second-order valence-corrected chi connectivity index (χ2v) is 6.26. The summed E-state index contributed by atoms with van der Waals surface area (Å²) in [6.45, 7) is 3.22. The van der Waals surface area contributed by atoms with Crippen molar-refractivity contribution >= 4 is 0 Å². The van der Waals surface area contributed by atoms with E-state index in [9.17, 15) is 0 Å². The highest BCUT2D eigenvalue weighted by Crippen LogP contribution is 2.42. The first-order chi connectivity index (χ1) is 9.26. The van der Waals surface area contributed by atoms with Crippen molar-refractivity contribution in [3.8, 4) is 0 Å². The van der Waals surface area contributed by atoms with Gasteiger partial charge in [-0.15, -0.1) is 0 Å². The SMILES string of the molecule is CC(CCc1ccco1)NC1CCOC2(CCC2)C1. The zero-order chi connectivity index (χ0) is 13.1. The molecular formula is C16H25NO2. The lowest BCUT2D eigenvalue weighted by Gasteiger charge is -2.47. The zero-order valence-corrected chi connectivity index (χ0v) is 11.9. The van der Waals surface area contributed by atoms with Crippen LogP contribution in [0.1, 0.15) is 51.2 Å². The van der Waals surface area contributed by atoms with Crippen LogP contribution >= 0.6 is 0 Å². The van der Waals surface area contributed by atoms with Crippen LogP contribution in [0.4, 0.5) is 0 Å². The van der Waals surface area contributed by atoms with Gasteiger partial charge in [0.25, 0.3) is 0 Å². The summed E-state index contributed by atoms with van der Waals surface area (Å²) in [4.78, 5) is 0. The minimum Gasteiger partial charge on any atom is -0.469 e. The van der Waals surface area contributed by atoms with E-state index in [1.165, 1.54) is 25.7 Å². The maximum Gasteiger partial charge on any atom is 0.103 e. The van der Waals surface area contributed by atoms with Gasteiger partial charge in [-0.1, -0.05) is 0 Å². The molecule has 0 bridgehead atoms. The van der Waals surface area contributed by atoms with Crippen molar-refractivity contribution in [1.29, 1.82) is 0 Å². The second kappa shape index (κ2) is 5.68. The van der Waals surface area contributed by atoms with E-state index in [-0.39, 0.29) is 5.60 Å². The standard InChI is InChI=1S/C16H25NO2/c1-13(5-6-15-4-2-10-18-15)17-14-7-11-19-16(12-14)8-3-9-16/h2,4,10,13-14,17H,3,5-9,11-12H2,1H3. The minimum absolute atomic E-state index is 0.247. The van der Waals surface area contributed by atoms with E-state index in [1.807, 2.05) is 6.07 Å². The molecule has 2 fully saturated rings. The molecule has 3 heteroatoms. The van der Waals surface area contributed by atoms with Gasteiger partial charge in [-0.25, -0.2) is 0 Å². The Labute approximate surface area is 115 Å². The lowest BCUT2D eigenvalue weighted by molar-refractivity contribution is -0.136. The summed E-state index contributed by atoms with van der Waals surface area (Å²) in [6.07, 6.45) is 10.2. The summed E-state index contributed by atoms with van der Waals surface area (Å²) in [5, 5.41) is 3.78. The van der Waals surface area contributed by atoms with Gasteiger partial charge in [0.15, 0.2) is 0 Å². The van der Waals surface area contributed by atoms with Crippen molar-refractivity contribution in [1.82, 2.24) is 5.32 Å². The molecule has 3 nitrogen and oxygen atoms in total. The molecule has 2 atom stereocenters. The highest BCUT2D eigenvalue weighted by molar-refractivity contribution is 4.99. The molecule has 1 spiro atoms. The van der Waals surface area contributed by atoms with Crippen molar-refractivity contribution in [3.05, 3.63) is 24.2 Å². The molecule has 0 amide bonds. The maximum atomic E-state index is 5.98. The number of rotatable bonds is 5. The molecule has 2 aliphatic rings. The van der Waals surface area contributed by atoms with Gasteiger partial charge in [-0.2, -0.15) is 0 Å². The quantitative estimate of drug-likeness (QED) is 0.885. The van der Waals surface area contributed by atoms with Crippen LogP contribution < -0.4 is 5.32 Å². The van der Waals surface area contributed by atoms with E-state index < -0.39 is 0 Å². The van der Waals surface area contributed by atoms with Gasteiger partial charge in [0.05, 0.1) is 11.9 Å². The fraction of sp³-hybridized carbons (Fsp3) is 0.750. The van der Waals surface area contributed by atoms with Gasteiger partial charge in [0.1, 0.15) is 5.76 Å². The van der Waals surface area contributed by atoms with Gasteiger partial charge in [0.2, 0.25) is 0 Å². The normalized spacial score (nSPS) is 27.1. The molecule has 1 saturated carbocycles. The van der Waals surface area contributed by atoms with Gasteiger partial charge in [-0.3, -0.25) is 0 Å². The van der Waals surface area contributed by atoms with Crippen molar-refractivity contribution in [2.24, 2.45) is 0 Å². The molecule has 3 rings (SSSR count). The molecule has 1 saturated heterocycles. The summed E-state index contributed by atoms with van der Waals surface area (Å²) >= 11 is 0. The number of aryl methyl sites for hydroxylation is 1. The van der Waals surface area contributed by atoms with Crippen LogP contribution in [0, 0.1) is 0 Å². The minimum atomic E-state index is 0.247. The molecule has 19 heavy (non-hydrogen) atoms. The van der Waals surface area contributed by atoms with Crippen LogP contribution in [0.2, 0.25) is 0 Å². The van der Waals surface area contributed by atoms with Crippen LogP contribution in [0.3, 0.4) is 0 Å². The predicted molar refractivity (Wildman–Crippen MR) is 75.2 cm³/mol. The van der Waals surface area contributed by atoms with Crippen LogP contribution in [-0.4, -0.2) is 24.3 Å². The predicted octanol–water partition coefficient (Wildman–Crippen LogP) is 3.29. The Morgan fingerprint density at radius 1 is 1.47 bits per heavy atom. The first kappa shape index (κ1) is 13.2. The van der Waals surface area contributed by atoms with Crippen molar-refractivity contribution in [2.45, 2.75) is 69.6 Å². The van der Waals surface area contributed by atoms with Crippen molar-refractivity contribution in [3.63, 3.8) is 0 Å². The number of ether oxygens (including phenoxy) is 1. The van der Waals surface area contributed by atoms with Gasteiger partial charge in [-0.05, 0) is 57.6 Å². The average molecular weight is 263 g/mol. The molecule has 1 aromatic rings. The van der Waals surface area contributed by atoms with Gasteiger partial charge >= 0.3 is 0 Å². The lowest BCUT2D eigenvalue weighted by Crippen LogP contribution is -2.52. The molecule has 2 unspecified atom stereocenters. The summed E-state index contributed by atoms with van der Waals surface area (Å²) in [6, 6.07) is 5.21. The number of hydrogen-bond acceptors (Lipinski definition) is 3. The Hall–Kier alpha value is -0.800. The molecule has 1 N–H and O–H groups in total. The van der Waals surface area contributed by atoms with Crippen molar-refractivity contribution < 1.29 is 9.15 Å². The van der Waals surface area contributed by atoms with Gasteiger partial charge in [0, 0.05) is 25.1 Å². The van der Waals surface area contributed by atoms with E-state index >= 15 is 0 Å². The summed E-state index contributed by atoms with van der Waals surface area (Å²) in [5.74, 6) is 1.09. The van der Waals surface area contributed by atoms with E-state index in [0.29, 0.717) is 12.1 Å². The van der Waals surface area contributed by atoms with Crippen LogP contribution in [0.15, 0.2) is 22.8 Å². The topological polar surface area (TPSA) is 34.4 Å². The fourth-order valence-electron chi connectivity index (χ4n) is 3.39. The van der Waals surface area contributed by atoms with Crippen LogP contribution in [0.25, 0.3) is 0 Å². The van der Waals surface area contributed by atoms with Crippen LogP contribution in [0.5, 0.6) is 0 Å². The highest BCUT2D eigenvalue weighted by atomic mass is 16.5. The molecule has 1 aromatic heterocycles. The van der Waals surface area contributed by atoms with Gasteiger partial charge < -0.3 is 14.5 Å². The number of furan rings is 1. The Kier molecular flexibility index (Phi) is 3.94. The third-order valence-electron chi connectivity index (χ3n) is 4.68. The third-order valence-corrected chi connectivity index (χ3v) is 4.68. The summed E-state index contributed by atoms with van der Waals surface area (Å²) in [5.41, 5.74) is 0.247. The maximum absolute atomic E-state index is 5.98. The Bertz CT molecular complexity index is 383. The molecule has 1 aliphatic carbocycles. The zero-order valence-electron chi connectivity index (χ0n) is 11.9. The molecular weight excluding hydrogens is 238 g/mol. The van der Waals surface area contributed by atoms with E-state index in [2.05, 4.69) is 18.3 Å². The Balaban J connectivity index is 1.42.